The average Bonchev–Trinajstić information content (AvgIpc) is 2.71. The SMILES string of the molecule is Cc1cc(OCc2c(C)cc(C(C)(C)C)cc2C)c2c(-c3ccccc3)cc(=O)oc2c1. The van der Waals surface area contributed by atoms with E-state index in [4.69, 9.17) is 9.15 Å². The van der Waals surface area contributed by atoms with Gasteiger partial charge in [-0.05, 0) is 71.7 Å². The van der Waals surface area contributed by atoms with Crippen LogP contribution in [-0.4, -0.2) is 0 Å². The normalized spacial score (nSPS) is 11.7. The fourth-order valence-electron chi connectivity index (χ4n) is 4.16. The zero-order valence-electron chi connectivity index (χ0n) is 19.7. The van der Waals surface area contributed by atoms with Crippen LogP contribution in [0.1, 0.15) is 48.6 Å². The predicted molar refractivity (Wildman–Crippen MR) is 132 cm³/mol. The second-order valence-corrected chi connectivity index (χ2v) is 9.61. The van der Waals surface area contributed by atoms with Gasteiger partial charge < -0.3 is 9.15 Å². The number of hydrogen-bond donors (Lipinski definition) is 0. The molecule has 164 valence electrons. The van der Waals surface area contributed by atoms with Gasteiger partial charge in [-0.2, -0.15) is 0 Å². The molecule has 3 aromatic carbocycles. The molecule has 0 radical (unpaired) electrons. The molecular weight excluding hydrogens is 396 g/mol. The van der Waals surface area contributed by atoms with Crippen LogP contribution >= 0.6 is 0 Å². The molecule has 0 N–H and O–H groups in total. The molecule has 32 heavy (non-hydrogen) atoms. The van der Waals surface area contributed by atoms with Crippen LogP contribution in [0.5, 0.6) is 5.75 Å². The Morgan fingerprint density at radius 3 is 2.16 bits per heavy atom. The lowest BCUT2D eigenvalue weighted by molar-refractivity contribution is 0.307. The van der Waals surface area contributed by atoms with Crippen molar-refractivity contribution in [1.82, 2.24) is 0 Å². The van der Waals surface area contributed by atoms with Gasteiger partial charge in [0.25, 0.3) is 0 Å². The first-order chi connectivity index (χ1) is 15.1. The fraction of sp³-hybridized carbons (Fsp3) is 0.276. The molecule has 4 rings (SSSR count). The van der Waals surface area contributed by atoms with Crippen LogP contribution in [0, 0.1) is 20.8 Å². The topological polar surface area (TPSA) is 39.4 Å². The van der Waals surface area contributed by atoms with Crippen LogP contribution in [-0.2, 0) is 12.0 Å². The fourth-order valence-corrected chi connectivity index (χ4v) is 4.16. The lowest BCUT2D eigenvalue weighted by atomic mass is 9.84. The van der Waals surface area contributed by atoms with Gasteiger partial charge in [0.2, 0.25) is 0 Å². The third-order valence-corrected chi connectivity index (χ3v) is 5.97. The Bertz CT molecular complexity index is 1320. The standard InChI is InChI=1S/C29H30O3/c1-18-12-25(31-17-24-19(2)14-22(15-20(24)3)29(4,5)6)28-23(21-10-8-7-9-11-21)16-27(30)32-26(28)13-18/h7-16H,17H2,1-6H3. The van der Waals surface area contributed by atoms with Crippen molar-refractivity contribution < 1.29 is 9.15 Å². The molecule has 0 atom stereocenters. The molecule has 0 saturated carbocycles. The molecule has 1 heterocycles. The van der Waals surface area contributed by atoms with Gasteiger partial charge in [0.1, 0.15) is 17.9 Å². The highest BCUT2D eigenvalue weighted by molar-refractivity contribution is 5.98. The Balaban J connectivity index is 1.80. The molecule has 1 aromatic heterocycles. The largest absolute Gasteiger partial charge is 0.488 e. The summed E-state index contributed by atoms with van der Waals surface area (Å²) in [6, 6.07) is 19.9. The van der Waals surface area contributed by atoms with Crippen LogP contribution in [0.15, 0.2) is 69.9 Å². The zero-order valence-corrected chi connectivity index (χ0v) is 19.7. The van der Waals surface area contributed by atoms with Crippen LogP contribution in [0.2, 0.25) is 0 Å². The lowest BCUT2D eigenvalue weighted by Crippen LogP contribution is -2.13. The van der Waals surface area contributed by atoms with E-state index in [0.717, 1.165) is 27.8 Å². The quantitative estimate of drug-likeness (QED) is 0.322. The second-order valence-electron chi connectivity index (χ2n) is 9.61. The third kappa shape index (κ3) is 4.34. The van der Waals surface area contributed by atoms with E-state index in [0.29, 0.717) is 12.2 Å². The zero-order chi connectivity index (χ0) is 23.0. The summed E-state index contributed by atoms with van der Waals surface area (Å²) in [5.41, 5.74) is 8.01. The summed E-state index contributed by atoms with van der Waals surface area (Å²) in [7, 11) is 0. The molecule has 0 spiro atoms. The van der Waals surface area contributed by atoms with Crippen molar-refractivity contribution in [1.29, 1.82) is 0 Å². The summed E-state index contributed by atoms with van der Waals surface area (Å²) in [5.74, 6) is 0.723. The van der Waals surface area contributed by atoms with E-state index >= 15 is 0 Å². The predicted octanol–water partition coefficient (Wildman–Crippen LogP) is 7.26. The molecule has 4 aromatic rings. The number of rotatable bonds is 4. The first kappa shape index (κ1) is 21.9. The van der Waals surface area contributed by atoms with Crippen molar-refractivity contribution in [2.45, 2.75) is 53.6 Å². The monoisotopic (exact) mass is 426 g/mol. The molecule has 0 bridgehead atoms. The van der Waals surface area contributed by atoms with Crippen LogP contribution in [0.4, 0.5) is 0 Å². The Labute approximate surface area is 189 Å². The lowest BCUT2D eigenvalue weighted by Gasteiger charge is -2.22. The maximum absolute atomic E-state index is 12.3. The highest BCUT2D eigenvalue weighted by Crippen LogP contribution is 2.36. The van der Waals surface area contributed by atoms with Gasteiger partial charge in [0.15, 0.2) is 0 Å². The Morgan fingerprint density at radius 1 is 0.875 bits per heavy atom. The highest BCUT2D eigenvalue weighted by atomic mass is 16.5. The van der Waals surface area contributed by atoms with Crippen LogP contribution in [0.3, 0.4) is 0 Å². The molecular formula is C29H30O3. The van der Waals surface area contributed by atoms with Gasteiger partial charge in [-0.3, -0.25) is 0 Å². The maximum atomic E-state index is 12.3. The molecule has 0 aliphatic carbocycles. The molecule has 0 amide bonds. The smallest absolute Gasteiger partial charge is 0.336 e. The summed E-state index contributed by atoms with van der Waals surface area (Å²) < 4.78 is 12.0. The van der Waals surface area contributed by atoms with Gasteiger partial charge >= 0.3 is 5.63 Å². The molecule has 0 unspecified atom stereocenters. The van der Waals surface area contributed by atoms with Crippen LogP contribution < -0.4 is 10.4 Å². The number of fused-ring (bicyclic) bond motifs is 1. The van der Waals surface area contributed by atoms with Crippen molar-refractivity contribution >= 4 is 11.0 Å². The summed E-state index contributed by atoms with van der Waals surface area (Å²) in [4.78, 5) is 12.3. The highest BCUT2D eigenvalue weighted by Gasteiger charge is 2.18. The van der Waals surface area contributed by atoms with E-state index < -0.39 is 0 Å². The van der Waals surface area contributed by atoms with E-state index in [1.807, 2.05) is 49.4 Å². The molecule has 3 nitrogen and oxygen atoms in total. The van der Waals surface area contributed by atoms with Gasteiger partial charge in [-0.25, -0.2) is 4.79 Å². The molecule has 0 fully saturated rings. The number of benzene rings is 3. The number of ether oxygens (including phenoxy) is 1. The first-order valence-corrected chi connectivity index (χ1v) is 11.0. The first-order valence-electron chi connectivity index (χ1n) is 11.0. The van der Waals surface area contributed by atoms with E-state index in [9.17, 15) is 4.79 Å². The summed E-state index contributed by atoms with van der Waals surface area (Å²) in [5, 5.41) is 0.822. The number of hydrogen-bond acceptors (Lipinski definition) is 3. The van der Waals surface area contributed by atoms with Gasteiger partial charge in [-0.1, -0.05) is 63.2 Å². The maximum Gasteiger partial charge on any atom is 0.336 e. The van der Waals surface area contributed by atoms with Crippen molar-refractivity contribution in [2.24, 2.45) is 0 Å². The van der Waals surface area contributed by atoms with E-state index in [1.54, 1.807) is 6.07 Å². The van der Waals surface area contributed by atoms with Crippen molar-refractivity contribution in [3.63, 3.8) is 0 Å². The van der Waals surface area contributed by atoms with E-state index in [-0.39, 0.29) is 11.0 Å². The van der Waals surface area contributed by atoms with E-state index in [1.165, 1.54) is 22.3 Å². The van der Waals surface area contributed by atoms with Gasteiger partial charge in [0.05, 0.1) is 5.39 Å². The minimum absolute atomic E-state index is 0.101. The molecule has 0 aliphatic heterocycles. The molecule has 3 heteroatoms. The summed E-state index contributed by atoms with van der Waals surface area (Å²) in [6.45, 7) is 13.4. The molecule has 0 aliphatic rings. The Morgan fingerprint density at radius 2 is 1.53 bits per heavy atom. The number of aryl methyl sites for hydroxylation is 3. The Hall–Kier alpha value is -3.33. The van der Waals surface area contributed by atoms with Crippen LogP contribution in [0.25, 0.3) is 22.1 Å². The molecule has 0 saturated heterocycles. The minimum atomic E-state index is -0.364. The summed E-state index contributed by atoms with van der Waals surface area (Å²) >= 11 is 0. The van der Waals surface area contributed by atoms with Crippen molar-refractivity contribution in [3.05, 3.63) is 98.9 Å². The second kappa shape index (κ2) is 8.31. The van der Waals surface area contributed by atoms with Crippen molar-refractivity contribution in [2.75, 3.05) is 0 Å². The third-order valence-electron chi connectivity index (χ3n) is 5.97. The average molecular weight is 427 g/mol. The Kier molecular flexibility index (Phi) is 5.68. The summed E-state index contributed by atoms with van der Waals surface area (Å²) in [6.07, 6.45) is 0. The van der Waals surface area contributed by atoms with Gasteiger partial charge in [0, 0.05) is 11.6 Å². The van der Waals surface area contributed by atoms with Gasteiger partial charge in [-0.15, -0.1) is 0 Å². The van der Waals surface area contributed by atoms with Crippen molar-refractivity contribution in [3.8, 4) is 16.9 Å². The van der Waals surface area contributed by atoms with E-state index in [2.05, 4.69) is 46.8 Å². The minimum Gasteiger partial charge on any atom is -0.488 e.